The van der Waals surface area contributed by atoms with Crippen molar-refractivity contribution in [2.45, 2.75) is 32.6 Å². The van der Waals surface area contributed by atoms with E-state index in [2.05, 4.69) is 10.6 Å². The van der Waals surface area contributed by atoms with Crippen molar-refractivity contribution in [1.82, 2.24) is 10.6 Å². The van der Waals surface area contributed by atoms with Crippen LogP contribution in [-0.4, -0.2) is 49.7 Å². The van der Waals surface area contributed by atoms with Gasteiger partial charge < -0.3 is 34.7 Å². The number of carbonyl (C=O) groups excluding carboxylic acids is 2. The molecule has 0 saturated heterocycles. The van der Waals surface area contributed by atoms with Gasteiger partial charge in [0.1, 0.15) is 17.2 Å². The van der Waals surface area contributed by atoms with E-state index >= 15 is 0 Å². The van der Waals surface area contributed by atoms with Gasteiger partial charge in [0.15, 0.2) is 0 Å². The van der Waals surface area contributed by atoms with Gasteiger partial charge in [-0.3, -0.25) is 0 Å². The quantitative estimate of drug-likeness (QED) is 0.529. The van der Waals surface area contributed by atoms with Crippen molar-refractivity contribution >= 4 is 12.2 Å². The van der Waals surface area contributed by atoms with Gasteiger partial charge in [-0.1, -0.05) is 12.1 Å². The number of benzene rings is 2. The molecule has 0 saturated carbocycles. The highest BCUT2D eigenvalue weighted by Crippen LogP contribution is 2.17. The molecule has 0 bridgehead atoms. The second-order valence-electron chi connectivity index (χ2n) is 6.83. The summed E-state index contributed by atoms with van der Waals surface area (Å²) < 4.78 is 21.0. The number of carbonyl (C=O) groups is 2. The van der Waals surface area contributed by atoms with Crippen LogP contribution in [0.5, 0.6) is 17.2 Å². The molecule has 0 spiro atoms. The summed E-state index contributed by atoms with van der Waals surface area (Å²) >= 11 is 0. The Morgan fingerprint density at radius 3 is 2.03 bits per heavy atom. The molecular weight excluding hydrogens is 404 g/mol. The fraction of sp³-hybridized carbons (Fsp3) is 0.364. The first-order valence-electron chi connectivity index (χ1n) is 9.79. The van der Waals surface area contributed by atoms with Crippen LogP contribution < -0.4 is 24.8 Å². The van der Waals surface area contributed by atoms with Gasteiger partial charge in [-0.25, -0.2) is 9.59 Å². The van der Waals surface area contributed by atoms with Crippen LogP contribution in [0.25, 0.3) is 0 Å². The second kappa shape index (κ2) is 12.4. The predicted octanol–water partition coefficient (Wildman–Crippen LogP) is 2.86. The minimum absolute atomic E-state index is 0.0763. The Kier molecular flexibility index (Phi) is 9.60. The molecule has 168 valence electrons. The SMILES string of the molecule is COc1ccc(OC(=O)NCC(C)OCC(C)NC(=O)Oc2ccc(CO)cc2)cc1. The molecule has 0 aromatic heterocycles. The molecule has 0 aliphatic rings. The lowest BCUT2D eigenvalue weighted by Crippen LogP contribution is -2.40. The average Bonchev–Trinajstić information content (AvgIpc) is 2.77. The smallest absolute Gasteiger partial charge is 0.412 e. The van der Waals surface area contributed by atoms with Crippen LogP contribution in [0, 0.1) is 0 Å². The van der Waals surface area contributed by atoms with Crippen LogP contribution in [0.4, 0.5) is 9.59 Å². The highest BCUT2D eigenvalue weighted by molar-refractivity contribution is 5.71. The zero-order valence-electron chi connectivity index (χ0n) is 17.8. The number of nitrogens with one attached hydrogen (secondary N) is 2. The molecule has 0 radical (unpaired) electrons. The third-order valence-corrected chi connectivity index (χ3v) is 4.12. The zero-order valence-corrected chi connectivity index (χ0v) is 17.8. The number of aliphatic hydroxyl groups excluding tert-OH is 1. The van der Waals surface area contributed by atoms with Crippen LogP contribution in [0.15, 0.2) is 48.5 Å². The summed E-state index contributed by atoms with van der Waals surface area (Å²) in [5, 5.41) is 14.3. The number of rotatable bonds is 10. The molecule has 2 rings (SSSR count). The highest BCUT2D eigenvalue weighted by Gasteiger charge is 2.13. The lowest BCUT2D eigenvalue weighted by molar-refractivity contribution is 0.0533. The first-order valence-corrected chi connectivity index (χ1v) is 9.79. The summed E-state index contributed by atoms with van der Waals surface area (Å²) in [6.07, 6.45) is -1.50. The molecule has 0 heterocycles. The summed E-state index contributed by atoms with van der Waals surface area (Å²) in [5.74, 6) is 1.44. The van der Waals surface area contributed by atoms with Crippen LogP contribution in [0.2, 0.25) is 0 Å². The van der Waals surface area contributed by atoms with Crippen LogP contribution >= 0.6 is 0 Å². The number of methoxy groups -OCH3 is 1. The molecule has 31 heavy (non-hydrogen) atoms. The lowest BCUT2D eigenvalue weighted by Gasteiger charge is -2.18. The Morgan fingerprint density at radius 1 is 0.903 bits per heavy atom. The van der Waals surface area contributed by atoms with Crippen molar-refractivity contribution in [3.05, 3.63) is 54.1 Å². The summed E-state index contributed by atoms with van der Waals surface area (Å²) in [6.45, 7) is 3.96. The van der Waals surface area contributed by atoms with Crippen molar-refractivity contribution in [3.63, 3.8) is 0 Å². The Bertz CT molecular complexity index is 825. The molecule has 2 unspecified atom stereocenters. The Balaban J connectivity index is 1.63. The topological polar surface area (TPSA) is 115 Å². The standard InChI is InChI=1S/C22H28N2O7/c1-15(24-22(27)31-19-6-4-17(13-25)5-7-19)14-29-16(2)12-23-21(26)30-20-10-8-18(28-3)9-11-20/h4-11,15-16,25H,12-14H2,1-3H3,(H,23,26)(H,24,27). The van der Waals surface area contributed by atoms with Crippen LogP contribution in [0.1, 0.15) is 19.4 Å². The molecule has 0 fully saturated rings. The van der Waals surface area contributed by atoms with Crippen molar-refractivity contribution in [2.24, 2.45) is 0 Å². The van der Waals surface area contributed by atoms with E-state index in [1.54, 1.807) is 69.5 Å². The van der Waals surface area contributed by atoms with E-state index in [0.29, 0.717) is 17.2 Å². The molecule has 2 amide bonds. The molecule has 9 nitrogen and oxygen atoms in total. The summed E-state index contributed by atoms with van der Waals surface area (Å²) in [5.41, 5.74) is 0.727. The van der Waals surface area contributed by atoms with Crippen molar-refractivity contribution in [2.75, 3.05) is 20.3 Å². The Labute approximate surface area is 181 Å². The molecular formula is C22H28N2O7. The normalized spacial score (nSPS) is 12.4. The molecule has 2 atom stereocenters. The van der Waals surface area contributed by atoms with Gasteiger partial charge in [-0.2, -0.15) is 0 Å². The second-order valence-corrected chi connectivity index (χ2v) is 6.83. The largest absolute Gasteiger partial charge is 0.497 e. The van der Waals surface area contributed by atoms with E-state index in [9.17, 15) is 9.59 Å². The van der Waals surface area contributed by atoms with E-state index in [-0.39, 0.29) is 31.9 Å². The Hall–Kier alpha value is -3.30. The number of hydrogen-bond acceptors (Lipinski definition) is 7. The Morgan fingerprint density at radius 2 is 1.45 bits per heavy atom. The number of hydrogen-bond donors (Lipinski definition) is 3. The third-order valence-electron chi connectivity index (χ3n) is 4.12. The monoisotopic (exact) mass is 432 g/mol. The van der Waals surface area contributed by atoms with Gasteiger partial charge in [0, 0.05) is 6.54 Å². The van der Waals surface area contributed by atoms with Crippen molar-refractivity contribution in [1.29, 1.82) is 0 Å². The van der Waals surface area contributed by atoms with E-state index in [1.165, 1.54) is 0 Å². The molecule has 0 aliphatic heterocycles. The zero-order chi connectivity index (χ0) is 22.6. The molecule has 2 aromatic rings. The highest BCUT2D eigenvalue weighted by atomic mass is 16.6. The number of amides is 2. The maximum atomic E-state index is 11.9. The maximum Gasteiger partial charge on any atom is 0.412 e. The minimum Gasteiger partial charge on any atom is -0.497 e. The average molecular weight is 432 g/mol. The summed E-state index contributed by atoms with van der Waals surface area (Å²) in [6, 6.07) is 12.9. The van der Waals surface area contributed by atoms with Gasteiger partial charge in [0.25, 0.3) is 0 Å². The van der Waals surface area contributed by atoms with Gasteiger partial charge in [-0.15, -0.1) is 0 Å². The fourth-order valence-electron chi connectivity index (χ4n) is 2.42. The molecule has 9 heteroatoms. The number of ether oxygens (including phenoxy) is 4. The third kappa shape index (κ3) is 8.93. The van der Waals surface area contributed by atoms with Crippen LogP contribution in [-0.2, 0) is 11.3 Å². The lowest BCUT2D eigenvalue weighted by atomic mass is 10.2. The predicted molar refractivity (Wildman–Crippen MR) is 113 cm³/mol. The maximum absolute atomic E-state index is 11.9. The van der Waals surface area contributed by atoms with Crippen LogP contribution in [0.3, 0.4) is 0 Å². The van der Waals surface area contributed by atoms with Gasteiger partial charge in [0.05, 0.1) is 32.5 Å². The number of aliphatic hydroxyl groups is 1. The van der Waals surface area contributed by atoms with Gasteiger partial charge >= 0.3 is 12.2 Å². The molecule has 3 N–H and O–H groups in total. The fourth-order valence-corrected chi connectivity index (χ4v) is 2.42. The van der Waals surface area contributed by atoms with Crippen molar-refractivity contribution < 1.29 is 33.6 Å². The van der Waals surface area contributed by atoms with E-state index in [4.69, 9.17) is 24.1 Å². The minimum atomic E-state index is -0.610. The molecule has 0 aliphatic carbocycles. The van der Waals surface area contributed by atoms with Crippen molar-refractivity contribution in [3.8, 4) is 17.2 Å². The summed E-state index contributed by atoms with van der Waals surface area (Å²) in [4.78, 5) is 23.8. The first-order chi connectivity index (χ1) is 14.9. The molecule has 2 aromatic carbocycles. The van der Waals surface area contributed by atoms with E-state index < -0.39 is 12.2 Å². The van der Waals surface area contributed by atoms with E-state index in [1.807, 2.05) is 0 Å². The summed E-state index contributed by atoms with van der Waals surface area (Å²) in [7, 11) is 1.56. The first kappa shape index (κ1) is 24.0. The van der Waals surface area contributed by atoms with Gasteiger partial charge in [0.2, 0.25) is 0 Å². The van der Waals surface area contributed by atoms with Gasteiger partial charge in [-0.05, 0) is 55.8 Å². The van der Waals surface area contributed by atoms with E-state index in [0.717, 1.165) is 5.56 Å².